The lowest BCUT2D eigenvalue weighted by Gasteiger charge is -2.25. The second-order valence-electron chi connectivity index (χ2n) is 5.67. The van der Waals surface area contributed by atoms with Gasteiger partial charge in [-0.25, -0.2) is 13.6 Å². The first-order valence-corrected chi connectivity index (χ1v) is 8.39. The van der Waals surface area contributed by atoms with E-state index in [1.807, 2.05) is 6.92 Å². The van der Waals surface area contributed by atoms with Crippen molar-refractivity contribution in [1.82, 2.24) is 4.90 Å². The topological polar surface area (TPSA) is 55.6 Å². The average Bonchev–Trinajstić information content (AvgIpc) is 2.63. The van der Waals surface area contributed by atoms with Crippen molar-refractivity contribution < 1.29 is 18.3 Å². The van der Waals surface area contributed by atoms with E-state index in [0.717, 1.165) is 12.5 Å². The Morgan fingerprint density at radius 1 is 1.31 bits per heavy atom. The van der Waals surface area contributed by atoms with Gasteiger partial charge in [0.15, 0.2) is 5.82 Å². The Morgan fingerprint density at radius 2 is 2.04 bits per heavy atom. The molecule has 0 aliphatic carbocycles. The van der Waals surface area contributed by atoms with Crippen LogP contribution in [0.4, 0.5) is 14.5 Å². The molecule has 1 aliphatic rings. The first-order chi connectivity index (χ1) is 12.4. The molecule has 4 nitrogen and oxygen atoms in total. The van der Waals surface area contributed by atoms with Crippen LogP contribution in [0.3, 0.4) is 0 Å². The number of carbonyl (C=O) groups excluding carboxylic acids is 1. The summed E-state index contributed by atoms with van der Waals surface area (Å²) in [6, 6.07) is 2.30. The zero-order valence-electron chi connectivity index (χ0n) is 14.9. The monoisotopic (exact) mass is 360 g/mol. The highest BCUT2D eigenvalue weighted by atomic mass is 19.1. The molecule has 0 saturated carbocycles. The van der Waals surface area contributed by atoms with E-state index < -0.39 is 17.6 Å². The number of ether oxygens (including phenoxy) is 1. The van der Waals surface area contributed by atoms with Crippen molar-refractivity contribution in [1.29, 1.82) is 0 Å². The quantitative estimate of drug-likeness (QED) is 0.460. The molecular weight excluding hydrogens is 338 g/mol. The van der Waals surface area contributed by atoms with Crippen LogP contribution in [0.25, 0.3) is 5.57 Å². The molecule has 138 valence electrons. The van der Waals surface area contributed by atoms with E-state index in [1.165, 1.54) is 18.5 Å². The Kier molecular flexibility index (Phi) is 6.33. The molecular formula is C20H22F2N2O2. The summed E-state index contributed by atoms with van der Waals surface area (Å²) < 4.78 is 33.6. The number of rotatable bonds is 6. The van der Waals surface area contributed by atoms with Gasteiger partial charge in [0.1, 0.15) is 5.82 Å². The number of benzene rings is 1. The van der Waals surface area contributed by atoms with Gasteiger partial charge in [-0.2, -0.15) is 0 Å². The Hall–Kier alpha value is -2.89. The summed E-state index contributed by atoms with van der Waals surface area (Å²) in [5, 5.41) is 0. The van der Waals surface area contributed by atoms with Crippen molar-refractivity contribution in [3.8, 4) is 0 Å². The maximum absolute atomic E-state index is 14.3. The number of esters is 1. The zero-order chi connectivity index (χ0) is 19.3. The highest BCUT2D eigenvalue weighted by Gasteiger charge is 2.22. The highest BCUT2D eigenvalue weighted by Crippen LogP contribution is 2.32. The minimum Gasteiger partial charge on any atom is -0.463 e. The summed E-state index contributed by atoms with van der Waals surface area (Å²) in [5.74, 6) is -1.96. The molecule has 0 atom stereocenters. The molecule has 0 radical (unpaired) electrons. The Bertz CT molecular complexity index is 810. The molecule has 6 heteroatoms. The fraction of sp³-hybridized carbons (Fsp3) is 0.250. The van der Waals surface area contributed by atoms with Crippen molar-refractivity contribution in [2.24, 2.45) is 0 Å². The van der Waals surface area contributed by atoms with Crippen LogP contribution in [0.5, 0.6) is 0 Å². The van der Waals surface area contributed by atoms with E-state index in [9.17, 15) is 13.6 Å². The molecule has 0 spiro atoms. The van der Waals surface area contributed by atoms with E-state index in [0.29, 0.717) is 17.7 Å². The zero-order valence-corrected chi connectivity index (χ0v) is 14.9. The van der Waals surface area contributed by atoms with Crippen molar-refractivity contribution in [3.63, 3.8) is 0 Å². The van der Waals surface area contributed by atoms with Crippen molar-refractivity contribution >= 4 is 17.2 Å². The summed E-state index contributed by atoms with van der Waals surface area (Å²) in [5.41, 5.74) is 6.53. The lowest BCUT2D eigenvalue weighted by atomic mass is 9.99. The number of nitrogen functional groups attached to an aromatic ring is 1. The van der Waals surface area contributed by atoms with Crippen LogP contribution < -0.4 is 5.73 Å². The van der Waals surface area contributed by atoms with Crippen molar-refractivity contribution in [2.75, 3.05) is 12.3 Å². The van der Waals surface area contributed by atoms with Crippen LogP contribution in [0.2, 0.25) is 0 Å². The first kappa shape index (κ1) is 19.4. The fourth-order valence-electron chi connectivity index (χ4n) is 2.71. The lowest BCUT2D eigenvalue weighted by Crippen LogP contribution is -2.19. The molecule has 26 heavy (non-hydrogen) atoms. The van der Waals surface area contributed by atoms with Crippen molar-refractivity contribution in [3.05, 3.63) is 71.7 Å². The van der Waals surface area contributed by atoms with Gasteiger partial charge in [0, 0.05) is 18.0 Å². The molecule has 1 aromatic carbocycles. The van der Waals surface area contributed by atoms with Crippen LogP contribution >= 0.6 is 0 Å². The Morgan fingerprint density at radius 3 is 2.65 bits per heavy atom. The van der Waals surface area contributed by atoms with Crippen LogP contribution in [-0.2, 0) is 9.53 Å². The van der Waals surface area contributed by atoms with E-state index in [-0.39, 0.29) is 23.4 Å². The SMILES string of the molecule is C=CN1C=C(c2c(F)ccc(N)c2F)C=C/C1=C(/CCC)C(=O)OCC. The van der Waals surface area contributed by atoms with Crippen LogP contribution in [0.15, 0.2) is 54.5 Å². The number of hydrogen-bond acceptors (Lipinski definition) is 4. The molecule has 1 aromatic rings. The maximum atomic E-state index is 14.3. The third kappa shape index (κ3) is 3.85. The number of allylic oxidation sites excluding steroid dienone is 3. The average molecular weight is 360 g/mol. The van der Waals surface area contributed by atoms with Crippen LogP contribution in [0.1, 0.15) is 32.3 Å². The number of carbonyl (C=O) groups is 1. The molecule has 0 amide bonds. The van der Waals surface area contributed by atoms with E-state index in [1.54, 1.807) is 24.0 Å². The molecule has 0 saturated heterocycles. The van der Waals surface area contributed by atoms with Gasteiger partial charge in [-0.15, -0.1) is 0 Å². The predicted octanol–water partition coefficient (Wildman–Crippen LogP) is 4.52. The van der Waals surface area contributed by atoms with E-state index in [4.69, 9.17) is 10.5 Å². The number of anilines is 1. The summed E-state index contributed by atoms with van der Waals surface area (Å²) in [6.45, 7) is 7.67. The molecule has 1 aliphatic heterocycles. The molecule has 0 aromatic heterocycles. The second-order valence-corrected chi connectivity index (χ2v) is 5.67. The molecule has 2 rings (SSSR count). The third-order valence-corrected chi connectivity index (χ3v) is 3.91. The maximum Gasteiger partial charge on any atom is 0.336 e. The van der Waals surface area contributed by atoms with Crippen LogP contribution in [0, 0.1) is 11.6 Å². The van der Waals surface area contributed by atoms with Gasteiger partial charge in [0.2, 0.25) is 0 Å². The van der Waals surface area contributed by atoms with Gasteiger partial charge in [-0.3, -0.25) is 0 Å². The molecule has 1 heterocycles. The molecule has 0 bridgehead atoms. The second kappa shape index (κ2) is 8.47. The van der Waals surface area contributed by atoms with E-state index >= 15 is 0 Å². The van der Waals surface area contributed by atoms with Gasteiger partial charge in [-0.05, 0) is 31.6 Å². The summed E-state index contributed by atoms with van der Waals surface area (Å²) in [4.78, 5) is 13.8. The summed E-state index contributed by atoms with van der Waals surface area (Å²) in [7, 11) is 0. The van der Waals surface area contributed by atoms with Crippen molar-refractivity contribution in [2.45, 2.75) is 26.7 Å². The molecule has 2 N–H and O–H groups in total. The lowest BCUT2D eigenvalue weighted by molar-refractivity contribution is -0.138. The first-order valence-electron chi connectivity index (χ1n) is 8.39. The van der Waals surface area contributed by atoms with Gasteiger partial charge < -0.3 is 15.4 Å². The number of nitrogens with two attached hydrogens (primary N) is 1. The van der Waals surface area contributed by atoms with Gasteiger partial charge in [-0.1, -0.05) is 26.0 Å². The predicted molar refractivity (Wildman–Crippen MR) is 98.5 cm³/mol. The van der Waals surface area contributed by atoms with E-state index in [2.05, 4.69) is 6.58 Å². The molecule has 0 fully saturated rings. The number of halogens is 2. The third-order valence-electron chi connectivity index (χ3n) is 3.91. The van der Waals surface area contributed by atoms with Gasteiger partial charge in [0.05, 0.1) is 29.1 Å². The molecule has 0 unspecified atom stereocenters. The smallest absolute Gasteiger partial charge is 0.336 e. The van der Waals surface area contributed by atoms with Gasteiger partial charge >= 0.3 is 5.97 Å². The normalized spacial score (nSPS) is 15.5. The summed E-state index contributed by atoms with van der Waals surface area (Å²) in [6.07, 6.45) is 7.40. The number of hydrogen-bond donors (Lipinski definition) is 1. The van der Waals surface area contributed by atoms with Crippen LogP contribution in [-0.4, -0.2) is 17.5 Å². The minimum absolute atomic E-state index is 0.139. The fourth-order valence-corrected chi connectivity index (χ4v) is 2.71. The Balaban J connectivity index is 2.53. The standard InChI is InChI=1S/C20H22F2N2O2/c1-4-7-14(20(25)26-6-3)17-11-8-13(12-24(17)5-2)18-15(21)9-10-16(23)19(18)22/h5,8-12H,2,4,6-7,23H2,1,3H3/b17-14+. The summed E-state index contributed by atoms with van der Waals surface area (Å²) >= 11 is 0. The largest absolute Gasteiger partial charge is 0.463 e. The highest BCUT2D eigenvalue weighted by molar-refractivity contribution is 5.91. The Labute approximate surface area is 151 Å². The number of nitrogens with zero attached hydrogens (tertiary/aromatic N) is 1. The van der Waals surface area contributed by atoms with Gasteiger partial charge in [0.25, 0.3) is 0 Å². The minimum atomic E-state index is -0.823.